The molecule has 0 amide bonds. The second-order valence-electron chi connectivity index (χ2n) is 14.1. The molecule has 0 aliphatic heterocycles. The van der Waals surface area contributed by atoms with E-state index in [1.807, 2.05) is 0 Å². The van der Waals surface area contributed by atoms with E-state index in [0.717, 1.165) is 0 Å². The summed E-state index contributed by atoms with van der Waals surface area (Å²) in [6.07, 6.45) is 51.9. The molecule has 0 spiro atoms. The van der Waals surface area contributed by atoms with Crippen LogP contribution >= 0.6 is 0 Å². The minimum absolute atomic E-state index is 1.22. The summed E-state index contributed by atoms with van der Waals surface area (Å²) in [7, 11) is 0. The van der Waals surface area contributed by atoms with Crippen molar-refractivity contribution in [1.29, 1.82) is 0 Å². The average molecular weight is 602 g/mol. The van der Waals surface area contributed by atoms with Crippen molar-refractivity contribution < 1.29 is 4.57 Å². The molecule has 0 bridgehead atoms. The van der Waals surface area contributed by atoms with E-state index in [1.54, 1.807) is 5.82 Å². The molecule has 2 nitrogen and oxygen atoms in total. The summed E-state index contributed by atoms with van der Waals surface area (Å²) in [5.74, 6) is 1.61. The highest BCUT2D eigenvalue weighted by atomic mass is 15.1. The van der Waals surface area contributed by atoms with Crippen LogP contribution in [0.5, 0.6) is 0 Å². The Balaban J connectivity index is 2.11. The topological polar surface area (TPSA) is 8.81 Å². The Hall–Kier alpha value is -0.790. The lowest BCUT2D eigenvalue weighted by Crippen LogP contribution is -2.37. The molecule has 2 heteroatoms. The van der Waals surface area contributed by atoms with Gasteiger partial charge in [-0.25, -0.2) is 9.13 Å². The highest BCUT2D eigenvalue weighted by Gasteiger charge is 2.16. The molecule has 0 aliphatic rings. The summed E-state index contributed by atoms with van der Waals surface area (Å²) in [5, 5.41) is 0. The molecule has 0 saturated carbocycles. The van der Waals surface area contributed by atoms with Crippen LogP contribution in [0.3, 0.4) is 0 Å². The molecule has 0 aliphatic carbocycles. The first-order valence-corrected chi connectivity index (χ1v) is 20.4. The molecule has 0 fully saturated rings. The quantitative estimate of drug-likeness (QED) is 0.0540. The van der Waals surface area contributed by atoms with Gasteiger partial charge >= 0.3 is 0 Å². The molecule has 0 aromatic carbocycles. The standard InChI is InChI=1S/C41H81N2/c1-4-7-10-12-14-16-18-20-21-22-23-25-27-29-31-33-36-41-42(37-34-9-6-3)39-40-43(41)38-35-32-30-28-26-24-19-17-15-13-11-8-5-2/h39-40H,4-38H2,1-3H3/q+1. The molecule has 1 aromatic heterocycles. The van der Waals surface area contributed by atoms with Gasteiger partial charge in [0, 0.05) is 6.42 Å². The molecular formula is C41H81N2+. The van der Waals surface area contributed by atoms with Gasteiger partial charge < -0.3 is 0 Å². The Morgan fingerprint density at radius 2 is 0.721 bits per heavy atom. The Morgan fingerprint density at radius 1 is 0.395 bits per heavy atom. The van der Waals surface area contributed by atoms with Crippen molar-refractivity contribution in [3.8, 4) is 0 Å². The fraction of sp³-hybridized carbons (Fsp3) is 0.927. The van der Waals surface area contributed by atoms with Crippen LogP contribution in [0.4, 0.5) is 0 Å². The molecule has 0 saturated heterocycles. The molecule has 0 N–H and O–H groups in total. The number of hydrogen-bond acceptors (Lipinski definition) is 0. The van der Waals surface area contributed by atoms with Crippen molar-refractivity contribution in [3.05, 3.63) is 18.2 Å². The van der Waals surface area contributed by atoms with Gasteiger partial charge in [-0.1, -0.05) is 194 Å². The molecule has 254 valence electrons. The lowest BCUT2D eigenvalue weighted by Gasteiger charge is -2.07. The molecule has 1 rings (SSSR count). The minimum atomic E-state index is 1.22. The number of rotatable bonds is 35. The van der Waals surface area contributed by atoms with Crippen LogP contribution in [0.1, 0.15) is 232 Å². The number of hydrogen-bond donors (Lipinski definition) is 0. The zero-order valence-corrected chi connectivity index (χ0v) is 30.3. The van der Waals surface area contributed by atoms with Crippen LogP contribution in [-0.2, 0) is 19.5 Å². The minimum Gasteiger partial charge on any atom is -0.234 e. The van der Waals surface area contributed by atoms with Crippen molar-refractivity contribution in [2.75, 3.05) is 0 Å². The maximum Gasteiger partial charge on any atom is 0.256 e. The van der Waals surface area contributed by atoms with Gasteiger partial charge in [0.25, 0.3) is 5.82 Å². The normalized spacial score (nSPS) is 11.6. The van der Waals surface area contributed by atoms with Crippen LogP contribution in [0.25, 0.3) is 0 Å². The van der Waals surface area contributed by atoms with E-state index in [9.17, 15) is 0 Å². The summed E-state index contributed by atoms with van der Waals surface area (Å²) in [6.45, 7) is 9.39. The predicted molar refractivity (Wildman–Crippen MR) is 193 cm³/mol. The van der Waals surface area contributed by atoms with Crippen LogP contribution in [0.2, 0.25) is 0 Å². The van der Waals surface area contributed by atoms with Crippen molar-refractivity contribution >= 4 is 0 Å². The van der Waals surface area contributed by atoms with Crippen molar-refractivity contribution in [1.82, 2.24) is 4.57 Å². The first-order valence-electron chi connectivity index (χ1n) is 20.4. The van der Waals surface area contributed by atoms with Crippen molar-refractivity contribution in [2.45, 2.75) is 246 Å². The van der Waals surface area contributed by atoms with E-state index >= 15 is 0 Å². The molecule has 0 unspecified atom stereocenters. The van der Waals surface area contributed by atoms with Gasteiger partial charge in [-0.3, -0.25) is 0 Å². The van der Waals surface area contributed by atoms with Gasteiger partial charge in [-0.15, -0.1) is 0 Å². The molecule has 0 radical (unpaired) electrons. The van der Waals surface area contributed by atoms with Gasteiger partial charge in [0.2, 0.25) is 0 Å². The van der Waals surface area contributed by atoms with Crippen molar-refractivity contribution in [3.63, 3.8) is 0 Å². The predicted octanol–water partition coefficient (Wildman–Crippen LogP) is 13.9. The van der Waals surface area contributed by atoms with E-state index in [-0.39, 0.29) is 0 Å². The van der Waals surface area contributed by atoms with Crippen molar-refractivity contribution in [2.24, 2.45) is 0 Å². The Labute approximate surface area is 272 Å². The zero-order valence-electron chi connectivity index (χ0n) is 30.3. The van der Waals surface area contributed by atoms with E-state index in [1.165, 1.54) is 225 Å². The Morgan fingerprint density at radius 3 is 1.12 bits per heavy atom. The SMILES string of the molecule is CCCCCCCCCCCCCCCCCCc1n(CCCCCCCCCCCCCCC)cc[n+]1CCCCC. The average Bonchev–Trinajstić information content (AvgIpc) is 3.40. The third-order valence-corrected chi connectivity index (χ3v) is 9.85. The molecule has 1 aromatic rings. The number of aryl methyl sites for hydroxylation is 2. The fourth-order valence-corrected chi connectivity index (χ4v) is 6.86. The van der Waals surface area contributed by atoms with Crippen LogP contribution in [0.15, 0.2) is 12.4 Å². The highest BCUT2D eigenvalue weighted by molar-refractivity contribution is 4.84. The van der Waals surface area contributed by atoms with Gasteiger partial charge in [-0.05, 0) is 32.1 Å². The summed E-state index contributed by atoms with van der Waals surface area (Å²) < 4.78 is 5.22. The number of aromatic nitrogens is 2. The summed E-state index contributed by atoms with van der Waals surface area (Å²) in [4.78, 5) is 0. The van der Waals surface area contributed by atoms with E-state index in [0.29, 0.717) is 0 Å². The van der Waals surface area contributed by atoms with E-state index in [2.05, 4.69) is 42.3 Å². The first kappa shape index (κ1) is 40.2. The third kappa shape index (κ3) is 25.1. The molecular weight excluding hydrogens is 520 g/mol. The van der Waals surface area contributed by atoms with Gasteiger partial charge in [0.15, 0.2) is 0 Å². The maximum atomic E-state index is 2.62. The maximum absolute atomic E-state index is 2.62. The Kier molecular flexibility index (Phi) is 30.5. The Bertz CT molecular complexity index is 663. The van der Waals surface area contributed by atoms with Gasteiger partial charge in [-0.2, -0.15) is 0 Å². The van der Waals surface area contributed by atoms with Crippen LogP contribution in [-0.4, -0.2) is 4.57 Å². The fourth-order valence-electron chi connectivity index (χ4n) is 6.86. The molecule has 43 heavy (non-hydrogen) atoms. The number of imidazole rings is 1. The summed E-state index contributed by atoms with van der Waals surface area (Å²) in [6, 6.07) is 0. The van der Waals surface area contributed by atoms with Gasteiger partial charge in [0.05, 0.1) is 13.1 Å². The van der Waals surface area contributed by atoms with Crippen LogP contribution < -0.4 is 4.57 Å². The summed E-state index contributed by atoms with van der Waals surface area (Å²) >= 11 is 0. The smallest absolute Gasteiger partial charge is 0.234 e. The molecule has 0 atom stereocenters. The first-order chi connectivity index (χ1) is 21.3. The second kappa shape index (κ2) is 32.6. The lowest BCUT2D eigenvalue weighted by atomic mass is 10.0. The lowest BCUT2D eigenvalue weighted by molar-refractivity contribution is -0.704. The second-order valence-corrected chi connectivity index (χ2v) is 14.1. The highest BCUT2D eigenvalue weighted by Crippen LogP contribution is 2.16. The van der Waals surface area contributed by atoms with Gasteiger partial charge in [0.1, 0.15) is 12.4 Å². The van der Waals surface area contributed by atoms with E-state index < -0.39 is 0 Å². The van der Waals surface area contributed by atoms with E-state index in [4.69, 9.17) is 0 Å². The number of unbranched alkanes of at least 4 members (excludes halogenated alkanes) is 29. The van der Waals surface area contributed by atoms with Crippen LogP contribution in [0, 0.1) is 0 Å². The summed E-state index contributed by atoms with van der Waals surface area (Å²) in [5.41, 5.74) is 0. The monoisotopic (exact) mass is 602 g/mol. The largest absolute Gasteiger partial charge is 0.256 e. The number of nitrogens with zero attached hydrogens (tertiary/aromatic N) is 2. The third-order valence-electron chi connectivity index (χ3n) is 9.85. The zero-order chi connectivity index (χ0) is 30.9. The molecule has 1 heterocycles.